The molecule has 1 heterocycles. The van der Waals surface area contributed by atoms with Crippen LogP contribution in [0.15, 0.2) is 47.4 Å². The molecular weight excluding hydrogens is 360 g/mol. The van der Waals surface area contributed by atoms with Crippen molar-refractivity contribution in [1.29, 1.82) is 0 Å². The van der Waals surface area contributed by atoms with Crippen molar-refractivity contribution >= 4 is 29.3 Å². The van der Waals surface area contributed by atoms with Crippen molar-refractivity contribution in [1.82, 2.24) is 4.90 Å². The lowest BCUT2D eigenvalue weighted by Crippen LogP contribution is -2.37. The SMILES string of the molecule is Cc1cc(C)cc(OCCN(C)C(=O)CC2Sc3ccccc3NC2=O)c1. The lowest BCUT2D eigenvalue weighted by atomic mass is 10.1. The number of thioether (sulfide) groups is 1. The van der Waals surface area contributed by atoms with Gasteiger partial charge in [0.2, 0.25) is 11.8 Å². The minimum atomic E-state index is -0.407. The molecule has 0 aromatic heterocycles. The van der Waals surface area contributed by atoms with E-state index in [9.17, 15) is 9.59 Å². The number of aryl methyl sites for hydroxylation is 2. The molecule has 1 N–H and O–H groups in total. The van der Waals surface area contributed by atoms with Crippen LogP contribution in [0.1, 0.15) is 17.5 Å². The largest absolute Gasteiger partial charge is 0.492 e. The molecule has 1 aliphatic heterocycles. The van der Waals surface area contributed by atoms with E-state index in [1.54, 1.807) is 11.9 Å². The van der Waals surface area contributed by atoms with Gasteiger partial charge in [-0.3, -0.25) is 9.59 Å². The highest BCUT2D eigenvalue weighted by Crippen LogP contribution is 2.36. The van der Waals surface area contributed by atoms with Crippen LogP contribution in [0, 0.1) is 13.8 Å². The molecule has 6 heteroatoms. The van der Waals surface area contributed by atoms with Crippen LogP contribution in [-0.4, -0.2) is 42.2 Å². The summed E-state index contributed by atoms with van der Waals surface area (Å²) < 4.78 is 5.77. The first-order valence-electron chi connectivity index (χ1n) is 8.94. The first kappa shape index (κ1) is 19.3. The van der Waals surface area contributed by atoms with E-state index in [1.807, 2.05) is 50.2 Å². The van der Waals surface area contributed by atoms with Gasteiger partial charge in [0, 0.05) is 18.4 Å². The zero-order valence-electron chi connectivity index (χ0n) is 15.8. The zero-order chi connectivity index (χ0) is 19.4. The average Bonchev–Trinajstić information content (AvgIpc) is 2.61. The van der Waals surface area contributed by atoms with Crippen molar-refractivity contribution in [3.05, 3.63) is 53.6 Å². The summed E-state index contributed by atoms with van der Waals surface area (Å²) in [6.45, 7) is 4.94. The summed E-state index contributed by atoms with van der Waals surface area (Å²) in [5.41, 5.74) is 3.11. The van der Waals surface area contributed by atoms with Crippen molar-refractivity contribution in [2.45, 2.75) is 30.4 Å². The maximum atomic E-state index is 12.5. The minimum Gasteiger partial charge on any atom is -0.492 e. The normalized spacial score (nSPS) is 15.7. The van der Waals surface area contributed by atoms with Gasteiger partial charge < -0.3 is 15.0 Å². The Bertz CT molecular complexity index is 833. The number of para-hydroxylation sites is 1. The molecule has 0 aliphatic carbocycles. The third-order valence-corrected chi connectivity index (χ3v) is 5.66. The summed E-state index contributed by atoms with van der Waals surface area (Å²) in [6.07, 6.45) is 0.172. The summed E-state index contributed by atoms with van der Waals surface area (Å²) in [5, 5.41) is 2.47. The Morgan fingerprint density at radius 3 is 2.63 bits per heavy atom. The number of amides is 2. The van der Waals surface area contributed by atoms with Gasteiger partial charge in [0.1, 0.15) is 12.4 Å². The molecule has 0 spiro atoms. The molecule has 0 saturated carbocycles. The molecule has 1 atom stereocenters. The highest BCUT2D eigenvalue weighted by molar-refractivity contribution is 8.01. The molecule has 1 aliphatic rings. The number of ether oxygens (including phenoxy) is 1. The molecular formula is C21H24N2O3S. The first-order valence-corrected chi connectivity index (χ1v) is 9.82. The predicted octanol–water partition coefficient (Wildman–Crippen LogP) is 3.64. The number of likely N-dealkylation sites (N-methyl/N-ethyl adjacent to an activating group) is 1. The number of fused-ring (bicyclic) bond motifs is 1. The monoisotopic (exact) mass is 384 g/mol. The van der Waals surface area contributed by atoms with Crippen LogP contribution in [-0.2, 0) is 9.59 Å². The van der Waals surface area contributed by atoms with Gasteiger partial charge in [-0.1, -0.05) is 18.2 Å². The van der Waals surface area contributed by atoms with E-state index in [2.05, 4.69) is 11.4 Å². The van der Waals surface area contributed by atoms with Crippen LogP contribution in [0.5, 0.6) is 5.75 Å². The van der Waals surface area contributed by atoms with E-state index in [4.69, 9.17) is 4.74 Å². The fourth-order valence-electron chi connectivity index (χ4n) is 2.98. The number of carbonyl (C=O) groups is 2. The second kappa shape index (κ2) is 8.48. The topological polar surface area (TPSA) is 58.6 Å². The van der Waals surface area contributed by atoms with E-state index in [0.29, 0.717) is 13.2 Å². The smallest absolute Gasteiger partial charge is 0.238 e. The first-order chi connectivity index (χ1) is 12.9. The number of benzene rings is 2. The second-order valence-corrected chi connectivity index (χ2v) is 8.03. The van der Waals surface area contributed by atoms with Gasteiger partial charge >= 0.3 is 0 Å². The highest BCUT2D eigenvalue weighted by Gasteiger charge is 2.29. The van der Waals surface area contributed by atoms with E-state index >= 15 is 0 Å². The number of nitrogens with zero attached hydrogens (tertiary/aromatic N) is 1. The molecule has 0 radical (unpaired) electrons. The van der Waals surface area contributed by atoms with Gasteiger partial charge in [-0.25, -0.2) is 0 Å². The van der Waals surface area contributed by atoms with Gasteiger partial charge in [0.15, 0.2) is 0 Å². The third kappa shape index (κ3) is 5.04. The fraction of sp³-hybridized carbons (Fsp3) is 0.333. The Balaban J connectivity index is 1.50. The number of rotatable bonds is 6. The highest BCUT2D eigenvalue weighted by atomic mass is 32.2. The molecule has 0 fully saturated rings. The Morgan fingerprint density at radius 1 is 1.19 bits per heavy atom. The molecule has 0 saturated heterocycles. The van der Waals surface area contributed by atoms with E-state index in [-0.39, 0.29) is 18.2 Å². The van der Waals surface area contributed by atoms with Gasteiger partial charge in [0.05, 0.1) is 17.5 Å². The van der Waals surface area contributed by atoms with Crippen LogP contribution in [0.4, 0.5) is 5.69 Å². The van der Waals surface area contributed by atoms with Crippen LogP contribution in [0.25, 0.3) is 0 Å². The lowest BCUT2D eigenvalue weighted by Gasteiger charge is -2.25. The molecule has 2 amide bonds. The molecule has 1 unspecified atom stereocenters. The summed E-state index contributed by atoms with van der Waals surface area (Å²) in [7, 11) is 1.74. The fourth-order valence-corrected chi connectivity index (χ4v) is 4.08. The Hall–Kier alpha value is -2.47. The Morgan fingerprint density at radius 2 is 1.89 bits per heavy atom. The van der Waals surface area contributed by atoms with E-state index < -0.39 is 5.25 Å². The zero-order valence-corrected chi connectivity index (χ0v) is 16.6. The van der Waals surface area contributed by atoms with Crippen molar-refractivity contribution in [3.8, 4) is 5.75 Å². The molecule has 0 bridgehead atoms. The van der Waals surface area contributed by atoms with Crippen molar-refractivity contribution < 1.29 is 14.3 Å². The molecule has 27 heavy (non-hydrogen) atoms. The predicted molar refractivity (Wildman–Crippen MR) is 108 cm³/mol. The molecule has 2 aromatic carbocycles. The van der Waals surface area contributed by atoms with E-state index in [0.717, 1.165) is 27.5 Å². The van der Waals surface area contributed by atoms with Gasteiger partial charge in [-0.2, -0.15) is 0 Å². The van der Waals surface area contributed by atoms with Crippen LogP contribution < -0.4 is 10.1 Å². The summed E-state index contributed by atoms with van der Waals surface area (Å²) in [6, 6.07) is 13.7. The quantitative estimate of drug-likeness (QED) is 0.826. The van der Waals surface area contributed by atoms with Gasteiger partial charge in [0.25, 0.3) is 0 Å². The average molecular weight is 385 g/mol. The van der Waals surface area contributed by atoms with Gasteiger partial charge in [-0.05, 0) is 49.2 Å². The van der Waals surface area contributed by atoms with Crippen molar-refractivity contribution in [2.75, 3.05) is 25.5 Å². The van der Waals surface area contributed by atoms with Gasteiger partial charge in [-0.15, -0.1) is 11.8 Å². The van der Waals surface area contributed by atoms with Crippen LogP contribution in [0.2, 0.25) is 0 Å². The number of hydrogen-bond acceptors (Lipinski definition) is 4. The van der Waals surface area contributed by atoms with Crippen LogP contribution >= 0.6 is 11.8 Å². The lowest BCUT2D eigenvalue weighted by molar-refractivity contribution is -0.131. The molecule has 2 aromatic rings. The number of nitrogens with one attached hydrogen (secondary N) is 1. The maximum Gasteiger partial charge on any atom is 0.238 e. The standard InChI is InChI=1S/C21H24N2O3S/c1-14-10-15(2)12-16(11-14)26-9-8-23(3)20(24)13-19-21(25)22-17-6-4-5-7-18(17)27-19/h4-7,10-12,19H,8-9,13H2,1-3H3,(H,22,25). The number of anilines is 1. The third-order valence-electron chi connectivity index (χ3n) is 4.38. The second-order valence-electron chi connectivity index (χ2n) is 6.78. The Labute approximate surface area is 164 Å². The molecule has 3 rings (SSSR count). The number of hydrogen-bond donors (Lipinski definition) is 1. The summed E-state index contributed by atoms with van der Waals surface area (Å²) in [4.78, 5) is 27.4. The van der Waals surface area contributed by atoms with Crippen LogP contribution in [0.3, 0.4) is 0 Å². The molecule has 142 valence electrons. The maximum absolute atomic E-state index is 12.5. The molecule has 5 nitrogen and oxygen atoms in total. The van der Waals surface area contributed by atoms with E-state index in [1.165, 1.54) is 11.8 Å². The van der Waals surface area contributed by atoms with Crippen molar-refractivity contribution in [2.24, 2.45) is 0 Å². The minimum absolute atomic E-state index is 0.0638. The summed E-state index contributed by atoms with van der Waals surface area (Å²) in [5.74, 6) is 0.630. The Kier molecular flexibility index (Phi) is 6.06. The number of carbonyl (C=O) groups excluding carboxylic acids is 2. The van der Waals surface area contributed by atoms with Crippen molar-refractivity contribution in [3.63, 3.8) is 0 Å². The summed E-state index contributed by atoms with van der Waals surface area (Å²) >= 11 is 1.44.